The molecule has 0 saturated heterocycles. The summed E-state index contributed by atoms with van der Waals surface area (Å²) in [6.45, 7) is 3.61. The van der Waals surface area contributed by atoms with Crippen molar-refractivity contribution in [2.45, 2.75) is 290 Å². The maximum Gasteiger partial charge on any atom is 0.472 e. The van der Waals surface area contributed by atoms with E-state index in [4.69, 9.17) is 24.3 Å². The van der Waals surface area contributed by atoms with E-state index in [1.807, 2.05) is 0 Å². The molecule has 0 aromatic carbocycles. The number of ether oxygens (including phenoxy) is 2. The third-order valence-electron chi connectivity index (χ3n) is 14.0. The molecule has 474 valence electrons. The first-order valence-electron chi connectivity index (χ1n) is 33.7. The van der Waals surface area contributed by atoms with Crippen LogP contribution in [0.2, 0.25) is 0 Å². The van der Waals surface area contributed by atoms with E-state index >= 15 is 0 Å². The van der Waals surface area contributed by atoms with Crippen molar-refractivity contribution in [1.29, 1.82) is 0 Å². The van der Waals surface area contributed by atoms with E-state index in [-0.39, 0.29) is 38.6 Å². The number of hydrogen-bond acceptors (Lipinski definition) is 8. The molecule has 0 rings (SSSR count). The van der Waals surface area contributed by atoms with Gasteiger partial charge in [0.25, 0.3) is 0 Å². The van der Waals surface area contributed by atoms with Crippen LogP contribution in [0.15, 0.2) is 134 Å². The van der Waals surface area contributed by atoms with Crippen LogP contribution in [0.3, 0.4) is 0 Å². The van der Waals surface area contributed by atoms with E-state index in [1.165, 1.54) is 141 Å². The van der Waals surface area contributed by atoms with Crippen molar-refractivity contribution in [3.63, 3.8) is 0 Å². The molecule has 0 aromatic heterocycles. The van der Waals surface area contributed by atoms with Crippen molar-refractivity contribution < 1.29 is 37.6 Å². The third-order valence-corrected chi connectivity index (χ3v) is 15.0. The molecular formula is C73H124NO8P. The topological polar surface area (TPSA) is 134 Å². The molecular weight excluding hydrogens is 1050 g/mol. The van der Waals surface area contributed by atoms with Crippen LogP contribution >= 0.6 is 7.82 Å². The van der Waals surface area contributed by atoms with Gasteiger partial charge in [-0.05, 0) is 116 Å². The minimum Gasteiger partial charge on any atom is -0.462 e. The predicted octanol–water partition coefficient (Wildman–Crippen LogP) is 22.1. The first-order valence-corrected chi connectivity index (χ1v) is 35.2. The molecule has 0 amide bonds. The molecule has 0 aliphatic rings. The fourth-order valence-electron chi connectivity index (χ4n) is 9.07. The molecule has 0 radical (unpaired) electrons. The van der Waals surface area contributed by atoms with E-state index in [9.17, 15) is 19.0 Å². The summed E-state index contributed by atoms with van der Waals surface area (Å²) < 4.78 is 33.1. The highest BCUT2D eigenvalue weighted by Crippen LogP contribution is 2.43. The van der Waals surface area contributed by atoms with E-state index in [0.29, 0.717) is 6.42 Å². The van der Waals surface area contributed by atoms with Crippen LogP contribution in [0.25, 0.3) is 0 Å². The Balaban J connectivity index is 4.02. The van der Waals surface area contributed by atoms with Gasteiger partial charge in [0.2, 0.25) is 0 Å². The summed E-state index contributed by atoms with van der Waals surface area (Å²) in [5.74, 6) is -0.858. The molecule has 83 heavy (non-hydrogen) atoms. The van der Waals surface area contributed by atoms with Crippen LogP contribution < -0.4 is 5.73 Å². The molecule has 0 aromatic rings. The second kappa shape index (κ2) is 67.3. The summed E-state index contributed by atoms with van der Waals surface area (Å²) in [6, 6.07) is 0. The van der Waals surface area contributed by atoms with Crippen molar-refractivity contribution >= 4 is 19.8 Å². The largest absolute Gasteiger partial charge is 0.472 e. The van der Waals surface area contributed by atoms with Gasteiger partial charge in [0.05, 0.1) is 13.2 Å². The number of esters is 2. The van der Waals surface area contributed by atoms with Gasteiger partial charge in [-0.15, -0.1) is 0 Å². The van der Waals surface area contributed by atoms with E-state index in [0.717, 1.165) is 109 Å². The number of carbonyl (C=O) groups is 2. The third kappa shape index (κ3) is 67.2. The molecule has 10 heteroatoms. The smallest absolute Gasteiger partial charge is 0.462 e. The second-order valence-electron chi connectivity index (χ2n) is 22.0. The summed E-state index contributed by atoms with van der Waals surface area (Å²) >= 11 is 0. The molecule has 0 spiro atoms. The van der Waals surface area contributed by atoms with Crippen molar-refractivity contribution in [2.75, 3.05) is 26.4 Å². The first-order chi connectivity index (χ1) is 40.8. The summed E-state index contributed by atoms with van der Waals surface area (Å²) in [5, 5.41) is 0. The Bertz CT molecular complexity index is 1820. The molecule has 9 nitrogen and oxygen atoms in total. The molecule has 3 N–H and O–H groups in total. The average Bonchev–Trinajstić information content (AvgIpc) is 3.48. The highest BCUT2D eigenvalue weighted by Gasteiger charge is 2.26. The molecule has 0 aliphatic heterocycles. The van der Waals surface area contributed by atoms with Crippen LogP contribution in [-0.4, -0.2) is 49.3 Å². The van der Waals surface area contributed by atoms with Gasteiger partial charge in [-0.25, -0.2) is 4.57 Å². The minimum absolute atomic E-state index is 0.0429. The maximum atomic E-state index is 12.7. The first kappa shape index (κ1) is 79.2. The number of phosphoric acid groups is 1. The molecule has 0 aliphatic carbocycles. The highest BCUT2D eigenvalue weighted by molar-refractivity contribution is 7.47. The van der Waals surface area contributed by atoms with Crippen LogP contribution in [0.4, 0.5) is 0 Å². The summed E-state index contributed by atoms with van der Waals surface area (Å²) in [7, 11) is -4.41. The number of nitrogens with two attached hydrogens (primary N) is 1. The summed E-state index contributed by atoms with van der Waals surface area (Å²) in [4.78, 5) is 35.3. The number of carbonyl (C=O) groups excluding carboxylic acids is 2. The van der Waals surface area contributed by atoms with E-state index in [1.54, 1.807) is 0 Å². The molecule has 0 fully saturated rings. The lowest BCUT2D eigenvalue weighted by atomic mass is 10.0. The SMILES string of the molecule is CC/C=C\C/C=C\C/C=C\C/C=C\C/C=C\C/C=C\C/C=C\C/C=C\C/C=C\C/C=C\CCCCCCC(=O)OC(COC(=O)CCCCCCCCCCCCCCCCC/C=C\CCCCCCCCCC)COP(=O)(O)OCCN. The minimum atomic E-state index is -4.41. The molecule has 0 heterocycles. The maximum absolute atomic E-state index is 12.7. The molecule has 2 unspecified atom stereocenters. The van der Waals surface area contributed by atoms with Gasteiger partial charge in [-0.2, -0.15) is 0 Å². The van der Waals surface area contributed by atoms with Crippen molar-refractivity contribution in [3.05, 3.63) is 134 Å². The second-order valence-corrected chi connectivity index (χ2v) is 23.4. The standard InChI is InChI=1S/C73H124NO8P/c1-3-5-7-9-11-13-15-17-19-21-23-25-27-29-31-32-33-34-35-36-37-38-40-42-44-46-48-50-52-54-56-58-60-62-64-66-73(76)82-71(70-81-83(77,78)80-68-67-74)69-79-72(75)65-63-61-59-57-55-53-51-49-47-45-43-41-39-30-28-26-24-22-20-18-16-14-12-10-8-6-4-2/h5,7,11,13,17,19,22-25,29,31,33-34,36-37,40,42,46,48,52,54,71H,3-4,6,8-10,12,14-16,18,20-21,26-28,30,32,35,38-39,41,43-45,47,49-51,53,55-70,74H2,1-2H3,(H,77,78)/b7-5-,13-11-,19-17-,24-22-,25-23-,31-29-,34-33-,37-36-,42-40-,48-46-,54-52-. The molecule has 0 bridgehead atoms. The number of unbranched alkanes of at least 4 members (excludes halogenated alkanes) is 27. The number of allylic oxidation sites excluding steroid dienone is 22. The lowest BCUT2D eigenvalue weighted by Crippen LogP contribution is -2.29. The predicted molar refractivity (Wildman–Crippen MR) is 357 cm³/mol. The lowest BCUT2D eigenvalue weighted by molar-refractivity contribution is -0.161. The quantitative estimate of drug-likeness (QED) is 0.0264. The van der Waals surface area contributed by atoms with Gasteiger partial charge < -0.3 is 20.1 Å². The Morgan fingerprint density at radius 2 is 0.663 bits per heavy atom. The number of hydrogen-bond donors (Lipinski definition) is 2. The van der Waals surface area contributed by atoms with Crippen LogP contribution in [-0.2, 0) is 32.7 Å². The monoisotopic (exact) mass is 1170 g/mol. The van der Waals surface area contributed by atoms with Crippen molar-refractivity contribution in [3.8, 4) is 0 Å². The molecule has 0 saturated carbocycles. The van der Waals surface area contributed by atoms with Gasteiger partial charge in [0.15, 0.2) is 6.10 Å². The average molecular weight is 1170 g/mol. The number of rotatable bonds is 62. The van der Waals surface area contributed by atoms with E-state index < -0.39 is 26.5 Å². The Morgan fingerprint density at radius 1 is 0.373 bits per heavy atom. The summed E-state index contributed by atoms with van der Waals surface area (Å²) in [6.07, 6.45) is 95.3. The van der Waals surface area contributed by atoms with Crippen LogP contribution in [0, 0.1) is 0 Å². The zero-order chi connectivity index (χ0) is 60.1. The van der Waals surface area contributed by atoms with Gasteiger partial charge in [-0.3, -0.25) is 18.6 Å². The zero-order valence-corrected chi connectivity index (χ0v) is 54.0. The van der Waals surface area contributed by atoms with Gasteiger partial charge in [-0.1, -0.05) is 289 Å². The van der Waals surface area contributed by atoms with Gasteiger partial charge >= 0.3 is 19.8 Å². The highest BCUT2D eigenvalue weighted by atomic mass is 31.2. The Labute approximate surface area is 510 Å². The van der Waals surface area contributed by atoms with Crippen molar-refractivity contribution in [2.24, 2.45) is 5.73 Å². The Hall–Kier alpha value is -3.85. The van der Waals surface area contributed by atoms with Crippen LogP contribution in [0.1, 0.15) is 284 Å². The van der Waals surface area contributed by atoms with E-state index in [2.05, 4.69) is 148 Å². The summed E-state index contributed by atoms with van der Waals surface area (Å²) in [5.41, 5.74) is 5.39. The fraction of sp³-hybridized carbons (Fsp3) is 0.671. The van der Waals surface area contributed by atoms with Crippen LogP contribution in [0.5, 0.6) is 0 Å². The number of phosphoric ester groups is 1. The lowest BCUT2D eigenvalue weighted by Gasteiger charge is -2.19. The molecule has 2 atom stereocenters. The van der Waals surface area contributed by atoms with Gasteiger partial charge in [0.1, 0.15) is 6.61 Å². The van der Waals surface area contributed by atoms with Crippen molar-refractivity contribution in [1.82, 2.24) is 0 Å². The normalized spacial score (nSPS) is 13.8. The van der Waals surface area contributed by atoms with Gasteiger partial charge in [0, 0.05) is 19.4 Å². The Morgan fingerprint density at radius 3 is 1.00 bits per heavy atom. The Kier molecular flexibility index (Phi) is 64.2. The fourth-order valence-corrected chi connectivity index (χ4v) is 9.84. The zero-order valence-electron chi connectivity index (χ0n) is 53.1.